The zero-order chi connectivity index (χ0) is 22.9. The van der Waals surface area contributed by atoms with Gasteiger partial charge in [-0.2, -0.15) is 0 Å². The van der Waals surface area contributed by atoms with Crippen molar-refractivity contribution in [2.24, 2.45) is 0 Å². The molecule has 0 spiro atoms. The Balaban J connectivity index is 1.80. The summed E-state index contributed by atoms with van der Waals surface area (Å²) in [6.07, 6.45) is 2.24. The molecule has 0 aliphatic rings. The van der Waals surface area contributed by atoms with Crippen molar-refractivity contribution in [2.45, 2.75) is 26.4 Å². The molecule has 0 saturated heterocycles. The molecule has 7 heteroatoms. The fraction of sp³-hybridized carbons (Fsp3) is 0.280. The summed E-state index contributed by atoms with van der Waals surface area (Å²) in [5, 5.41) is 0. The van der Waals surface area contributed by atoms with Gasteiger partial charge in [0.1, 0.15) is 23.9 Å². The van der Waals surface area contributed by atoms with E-state index in [0.29, 0.717) is 30.0 Å². The number of hydrogen-bond donors (Lipinski definition) is 0. The van der Waals surface area contributed by atoms with Crippen molar-refractivity contribution in [1.82, 2.24) is 9.80 Å². The number of nitrogens with zero attached hydrogens (tertiary/aromatic N) is 2. The van der Waals surface area contributed by atoms with Gasteiger partial charge in [-0.15, -0.1) is 0 Å². The van der Waals surface area contributed by atoms with E-state index in [1.54, 1.807) is 59.7 Å². The van der Waals surface area contributed by atoms with Gasteiger partial charge in [0.15, 0.2) is 0 Å². The molecule has 0 saturated carbocycles. The number of carbonyl (C=O) groups is 2. The zero-order valence-electron chi connectivity index (χ0n) is 18.3. The number of halogens is 1. The zero-order valence-corrected chi connectivity index (χ0v) is 18.3. The van der Waals surface area contributed by atoms with Gasteiger partial charge in [0.05, 0.1) is 25.5 Å². The van der Waals surface area contributed by atoms with Crippen LogP contribution in [-0.4, -0.2) is 41.8 Å². The summed E-state index contributed by atoms with van der Waals surface area (Å²) in [6, 6.07) is 16.5. The van der Waals surface area contributed by atoms with Crippen LogP contribution in [0.5, 0.6) is 5.75 Å². The predicted molar refractivity (Wildman–Crippen MR) is 119 cm³/mol. The van der Waals surface area contributed by atoms with Crippen LogP contribution in [0.2, 0.25) is 0 Å². The van der Waals surface area contributed by atoms with E-state index in [-0.39, 0.29) is 37.3 Å². The van der Waals surface area contributed by atoms with Gasteiger partial charge < -0.3 is 19.0 Å². The number of rotatable bonds is 10. The van der Waals surface area contributed by atoms with E-state index in [9.17, 15) is 14.0 Å². The van der Waals surface area contributed by atoms with Crippen molar-refractivity contribution in [1.29, 1.82) is 0 Å². The number of furan rings is 1. The van der Waals surface area contributed by atoms with Gasteiger partial charge in [-0.05, 0) is 48.4 Å². The molecule has 32 heavy (non-hydrogen) atoms. The molecule has 0 aliphatic heterocycles. The van der Waals surface area contributed by atoms with Crippen molar-refractivity contribution in [3.05, 3.63) is 89.6 Å². The lowest BCUT2D eigenvalue weighted by molar-refractivity contribution is -0.133. The van der Waals surface area contributed by atoms with Crippen molar-refractivity contribution < 1.29 is 23.1 Å². The van der Waals surface area contributed by atoms with Gasteiger partial charge in [0.25, 0.3) is 5.91 Å². The van der Waals surface area contributed by atoms with Crippen LogP contribution >= 0.6 is 0 Å². The highest BCUT2D eigenvalue weighted by Gasteiger charge is 2.24. The van der Waals surface area contributed by atoms with Gasteiger partial charge in [-0.25, -0.2) is 4.39 Å². The van der Waals surface area contributed by atoms with E-state index >= 15 is 0 Å². The molecule has 0 radical (unpaired) electrons. The average Bonchev–Trinajstić information content (AvgIpc) is 3.32. The number of methoxy groups -OCH3 is 1. The van der Waals surface area contributed by atoms with Crippen LogP contribution in [0, 0.1) is 5.82 Å². The molecule has 2 aromatic carbocycles. The molecular formula is C25H27FN2O4. The second-order valence-electron chi connectivity index (χ2n) is 7.38. The summed E-state index contributed by atoms with van der Waals surface area (Å²) in [5.74, 6) is 0.248. The van der Waals surface area contributed by atoms with E-state index in [2.05, 4.69) is 0 Å². The fourth-order valence-electron chi connectivity index (χ4n) is 3.41. The first-order valence-corrected chi connectivity index (χ1v) is 10.5. The van der Waals surface area contributed by atoms with Crippen molar-refractivity contribution in [2.75, 3.05) is 20.2 Å². The second-order valence-corrected chi connectivity index (χ2v) is 7.38. The molecule has 3 aromatic rings. The summed E-state index contributed by atoms with van der Waals surface area (Å²) in [6.45, 7) is 2.79. The van der Waals surface area contributed by atoms with Crippen LogP contribution in [0.25, 0.3) is 0 Å². The standard InChI is InChI=1S/C25H27FN2O4/c1-3-14-27(25(30)22-8-4-5-9-23(22)31-2)18-24(29)28(17-21-7-6-15-32-21)16-19-10-12-20(26)13-11-19/h4-13,15H,3,14,16-18H2,1-2H3. The Morgan fingerprint density at radius 1 is 0.969 bits per heavy atom. The number of para-hydroxylation sites is 1. The number of ether oxygens (including phenoxy) is 1. The van der Waals surface area contributed by atoms with E-state index in [1.165, 1.54) is 24.1 Å². The molecular weight excluding hydrogens is 411 g/mol. The van der Waals surface area contributed by atoms with Crippen molar-refractivity contribution in [3.8, 4) is 5.75 Å². The molecule has 0 N–H and O–H groups in total. The van der Waals surface area contributed by atoms with E-state index < -0.39 is 0 Å². The summed E-state index contributed by atoms with van der Waals surface area (Å²) in [7, 11) is 1.51. The summed E-state index contributed by atoms with van der Waals surface area (Å²) in [4.78, 5) is 29.6. The van der Waals surface area contributed by atoms with Crippen LogP contribution in [0.1, 0.15) is 35.0 Å². The van der Waals surface area contributed by atoms with Crippen LogP contribution in [0.15, 0.2) is 71.3 Å². The lowest BCUT2D eigenvalue weighted by Gasteiger charge is -2.27. The highest BCUT2D eigenvalue weighted by Crippen LogP contribution is 2.20. The van der Waals surface area contributed by atoms with E-state index in [1.807, 2.05) is 6.92 Å². The average molecular weight is 438 g/mol. The Bertz CT molecular complexity index is 1020. The first-order chi connectivity index (χ1) is 15.5. The summed E-state index contributed by atoms with van der Waals surface area (Å²) in [5.41, 5.74) is 1.19. The molecule has 1 aromatic heterocycles. The molecule has 2 amide bonds. The second kappa shape index (κ2) is 11.1. The Morgan fingerprint density at radius 3 is 2.38 bits per heavy atom. The third-order valence-electron chi connectivity index (χ3n) is 5.01. The van der Waals surface area contributed by atoms with Gasteiger partial charge >= 0.3 is 0 Å². The lowest BCUT2D eigenvalue weighted by atomic mass is 10.1. The number of amides is 2. The van der Waals surface area contributed by atoms with Crippen molar-refractivity contribution >= 4 is 11.8 Å². The smallest absolute Gasteiger partial charge is 0.258 e. The molecule has 6 nitrogen and oxygen atoms in total. The maximum atomic E-state index is 13.3. The van der Waals surface area contributed by atoms with Crippen LogP contribution in [0.4, 0.5) is 4.39 Å². The normalized spacial score (nSPS) is 10.6. The minimum atomic E-state index is -0.339. The summed E-state index contributed by atoms with van der Waals surface area (Å²) < 4.78 is 24.0. The third kappa shape index (κ3) is 5.97. The van der Waals surface area contributed by atoms with E-state index in [0.717, 1.165) is 5.56 Å². The quantitative estimate of drug-likeness (QED) is 0.467. The molecule has 0 fully saturated rings. The summed E-state index contributed by atoms with van der Waals surface area (Å²) >= 11 is 0. The Labute approximate surface area is 187 Å². The topological polar surface area (TPSA) is 63.0 Å². The maximum Gasteiger partial charge on any atom is 0.258 e. The molecule has 168 valence electrons. The fourth-order valence-corrected chi connectivity index (χ4v) is 3.41. The molecule has 0 unspecified atom stereocenters. The minimum absolute atomic E-state index is 0.0906. The highest BCUT2D eigenvalue weighted by molar-refractivity contribution is 5.98. The molecule has 0 atom stereocenters. The van der Waals surface area contributed by atoms with Gasteiger partial charge in [0.2, 0.25) is 5.91 Å². The first kappa shape index (κ1) is 23.1. The Morgan fingerprint density at radius 2 is 1.72 bits per heavy atom. The monoisotopic (exact) mass is 438 g/mol. The molecule has 3 rings (SSSR count). The maximum absolute atomic E-state index is 13.3. The predicted octanol–water partition coefficient (Wildman–Crippen LogP) is 4.51. The number of benzene rings is 2. The minimum Gasteiger partial charge on any atom is -0.496 e. The van der Waals surface area contributed by atoms with Gasteiger partial charge in [0, 0.05) is 13.1 Å². The van der Waals surface area contributed by atoms with Crippen LogP contribution in [0.3, 0.4) is 0 Å². The van der Waals surface area contributed by atoms with E-state index in [4.69, 9.17) is 9.15 Å². The molecule has 1 heterocycles. The largest absolute Gasteiger partial charge is 0.496 e. The molecule has 0 aliphatic carbocycles. The SMILES string of the molecule is CCCN(CC(=O)N(Cc1ccc(F)cc1)Cc1ccco1)C(=O)c1ccccc1OC. The number of hydrogen-bond acceptors (Lipinski definition) is 4. The van der Waals surface area contributed by atoms with Crippen LogP contribution < -0.4 is 4.74 Å². The third-order valence-corrected chi connectivity index (χ3v) is 5.01. The Kier molecular flexibility index (Phi) is 8.02. The lowest BCUT2D eigenvalue weighted by Crippen LogP contribution is -2.42. The first-order valence-electron chi connectivity index (χ1n) is 10.5. The van der Waals surface area contributed by atoms with Gasteiger partial charge in [-0.3, -0.25) is 9.59 Å². The van der Waals surface area contributed by atoms with Crippen molar-refractivity contribution in [3.63, 3.8) is 0 Å². The molecule has 0 bridgehead atoms. The number of carbonyl (C=O) groups excluding carboxylic acids is 2. The Hall–Kier alpha value is -3.61. The highest BCUT2D eigenvalue weighted by atomic mass is 19.1. The van der Waals surface area contributed by atoms with Crippen LogP contribution in [-0.2, 0) is 17.9 Å². The van der Waals surface area contributed by atoms with Gasteiger partial charge in [-0.1, -0.05) is 31.2 Å².